The van der Waals surface area contributed by atoms with Gasteiger partial charge in [0.25, 0.3) is 0 Å². The lowest BCUT2D eigenvalue weighted by Crippen LogP contribution is -2.61. The summed E-state index contributed by atoms with van der Waals surface area (Å²) < 4.78 is 17.2. The van der Waals surface area contributed by atoms with Crippen molar-refractivity contribution in [3.8, 4) is 12.1 Å². The number of hydrogen-bond acceptors (Lipinski definition) is 9. The molecule has 4 rings (SSSR count). The standard InChI is InChI=1S/C22H24N6O3S2/c1-21(2,3)31-20(29)27-18-14(9-24)16-15(32-18)6-5-7-22(16)11-28(12-22)17-13(8-23)10-25-19(26-17)33(4)30/h10H,5-7,11-12H2,1-4H3,(H,27,29). The zero-order chi connectivity index (χ0) is 24.0. The molecule has 2 aromatic rings. The van der Waals surface area contributed by atoms with Gasteiger partial charge in [0, 0.05) is 34.6 Å². The van der Waals surface area contributed by atoms with Gasteiger partial charge >= 0.3 is 11.2 Å². The van der Waals surface area contributed by atoms with Crippen LogP contribution in [-0.4, -0.2) is 45.6 Å². The van der Waals surface area contributed by atoms with Crippen molar-refractivity contribution < 1.29 is 14.1 Å². The predicted molar refractivity (Wildman–Crippen MR) is 125 cm³/mol. The van der Waals surface area contributed by atoms with Gasteiger partial charge in [0.15, 0.2) is 5.82 Å². The highest BCUT2D eigenvalue weighted by Gasteiger charge is 2.50. The van der Waals surface area contributed by atoms with Gasteiger partial charge in [-0.15, -0.1) is 11.3 Å². The molecule has 1 N–H and O–H groups in total. The van der Waals surface area contributed by atoms with Gasteiger partial charge in [-0.3, -0.25) is 5.32 Å². The zero-order valence-corrected chi connectivity index (χ0v) is 20.5. The van der Waals surface area contributed by atoms with E-state index in [1.165, 1.54) is 23.8 Å². The van der Waals surface area contributed by atoms with Crippen LogP contribution >= 0.6 is 11.3 Å². The summed E-state index contributed by atoms with van der Waals surface area (Å²) in [5.74, 6) is 0.469. The molecule has 172 valence electrons. The SMILES string of the molecule is C[S+]([O-])c1ncc(C#N)c(N2CC3(CCCc4sc(NC(=O)OC(C)(C)C)c(C#N)c43)C2)n1. The summed E-state index contributed by atoms with van der Waals surface area (Å²) in [5, 5.41) is 22.9. The van der Waals surface area contributed by atoms with E-state index in [4.69, 9.17) is 4.74 Å². The average molecular weight is 485 g/mol. The summed E-state index contributed by atoms with van der Waals surface area (Å²) in [6.07, 6.45) is 5.04. The van der Waals surface area contributed by atoms with E-state index in [9.17, 15) is 19.9 Å². The first-order valence-corrected chi connectivity index (χ1v) is 12.9. The van der Waals surface area contributed by atoms with Crippen molar-refractivity contribution >= 4 is 39.4 Å². The summed E-state index contributed by atoms with van der Waals surface area (Å²) in [4.78, 5) is 23.8. The normalized spacial score (nSPS) is 17.4. The van der Waals surface area contributed by atoms with E-state index in [1.807, 2.05) is 4.90 Å². The number of hydrogen-bond donors (Lipinski definition) is 1. The van der Waals surface area contributed by atoms with Crippen molar-refractivity contribution in [2.24, 2.45) is 0 Å². The van der Waals surface area contributed by atoms with E-state index < -0.39 is 22.9 Å². The minimum atomic E-state index is -1.36. The highest BCUT2D eigenvalue weighted by atomic mass is 32.2. The number of thiophene rings is 1. The average Bonchev–Trinajstić information content (AvgIpc) is 3.07. The first kappa shape index (κ1) is 23.3. The molecule has 1 aliphatic carbocycles. The van der Waals surface area contributed by atoms with Crippen molar-refractivity contribution in [1.82, 2.24) is 9.97 Å². The topological polar surface area (TPSA) is 138 Å². The number of fused-ring (bicyclic) bond motifs is 2. The molecule has 1 spiro atoms. The first-order chi connectivity index (χ1) is 15.6. The fourth-order valence-corrected chi connectivity index (χ4v) is 6.20. The molecule has 0 saturated carbocycles. The van der Waals surface area contributed by atoms with Crippen LogP contribution in [0.25, 0.3) is 0 Å². The number of anilines is 2. The lowest BCUT2D eigenvalue weighted by molar-refractivity contribution is 0.0636. The van der Waals surface area contributed by atoms with Crippen LogP contribution < -0.4 is 10.2 Å². The Labute approximate surface area is 199 Å². The molecule has 1 unspecified atom stereocenters. The predicted octanol–water partition coefficient (Wildman–Crippen LogP) is 3.46. The van der Waals surface area contributed by atoms with E-state index in [-0.39, 0.29) is 10.6 Å². The molecule has 1 fully saturated rings. The Morgan fingerprint density at radius 3 is 2.70 bits per heavy atom. The van der Waals surface area contributed by atoms with Crippen LogP contribution in [0, 0.1) is 22.7 Å². The monoisotopic (exact) mass is 484 g/mol. The molecule has 11 heteroatoms. The lowest BCUT2D eigenvalue weighted by Gasteiger charge is -2.53. The number of aromatic nitrogens is 2. The molecule has 0 bridgehead atoms. The number of ether oxygens (including phenoxy) is 1. The van der Waals surface area contributed by atoms with Crippen LogP contribution in [0.1, 0.15) is 55.2 Å². The van der Waals surface area contributed by atoms with E-state index in [0.29, 0.717) is 35.0 Å². The fourth-order valence-electron chi connectivity index (χ4n) is 4.48. The Bertz CT molecular complexity index is 1180. The number of rotatable bonds is 3. The molecule has 1 aliphatic heterocycles. The first-order valence-electron chi connectivity index (χ1n) is 10.5. The highest BCUT2D eigenvalue weighted by molar-refractivity contribution is 7.90. The molecular weight excluding hydrogens is 460 g/mol. The van der Waals surface area contributed by atoms with Gasteiger partial charge in [-0.1, -0.05) is 0 Å². The summed E-state index contributed by atoms with van der Waals surface area (Å²) in [5.41, 5.74) is 0.898. The number of nitrogens with one attached hydrogen (secondary N) is 1. The molecule has 0 aromatic carbocycles. The zero-order valence-electron chi connectivity index (χ0n) is 18.9. The van der Waals surface area contributed by atoms with Crippen LogP contribution in [0.5, 0.6) is 0 Å². The Balaban J connectivity index is 1.64. The van der Waals surface area contributed by atoms with Gasteiger partial charge in [-0.05, 0) is 45.6 Å². The van der Waals surface area contributed by atoms with Crippen LogP contribution in [-0.2, 0) is 27.7 Å². The molecule has 1 amide bonds. The maximum atomic E-state index is 12.3. The van der Waals surface area contributed by atoms with Crippen molar-refractivity contribution in [2.75, 3.05) is 29.6 Å². The molecule has 2 aliphatic rings. The molecule has 2 aromatic heterocycles. The van der Waals surface area contributed by atoms with Gasteiger partial charge in [-0.25, -0.2) is 4.79 Å². The van der Waals surface area contributed by atoms with Gasteiger partial charge < -0.3 is 14.2 Å². The molecule has 1 atom stereocenters. The fraction of sp³-hybridized carbons (Fsp3) is 0.500. The van der Waals surface area contributed by atoms with Gasteiger partial charge in [0.1, 0.15) is 34.6 Å². The summed E-state index contributed by atoms with van der Waals surface area (Å²) in [7, 11) is 0. The minimum absolute atomic E-state index is 0.186. The second-order valence-corrected chi connectivity index (χ2v) is 11.7. The van der Waals surface area contributed by atoms with E-state index in [0.717, 1.165) is 29.7 Å². The van der Waals surface area contributed by atoms with Crippen LogP contribution in [0.2, 0.25) is 0 Å². The van der Waals surface area contributed by atoms with Crippen molar-refractivity contribution in [3.63, 3.8) is 0 Å². The summed E-state index contributed by atoms with van der Waals surface area (Å²) >= 11 is 0.0721. The summed E-state index contributed by atoms with van der Waals surface area (Å²) in [6.45, 7) is 6.53. The Morgan fingerprint density at radius 2 is 2.09 bits per heavy atom. The number of aryl methyl sites for hydroxylation is 1. The van der Waals surface area contributed by atoms with Crippen LogP contribution in [0.4, 0.5) is 15.6 Å². The maximum Gasteiger partial charge on any atom is 0.412 e. The van der Waals surface area contributed by atoms with Crippen molar-refractivity contribution in [1.29, 1.82) is 10.5 Å². The van der Waals surface area contributed by atoms with Crippen LogP contribution in [0.15, 0.2) is 11.4 Å². The third-order valence-corrected chi connectivity index (χ3v) is 7.58. The third-order valence-electron chi connectivity index (χ3n) is 5.71. The van der Waals surface area contributed by atoms with Gasteiger partial charge in [0.05, 0.1) is 11.8 Å². The van der Waals surface area contributed by atoms with E-state index in [1.54, 1.807) is 20.8 Å². The number of nitrogens with zero attached hydrogens (tertiary/aromatic N) is 5. The molecule has 0 radical (unpaired) electrons. The Hall–Kier alpha value is -2.86. The molecule has 1 saturated heterocycles. The molecular formula is C22H24N6O3S2. The highest BCUT2D eigenvalue weighted by Crippen LogP contribution is 2.51. The molecule has 33 heavy (non-hydrogen) atoms. The molecule has 9 nitrogen and oxygen atoms in total. The second-order valence-electron chi connectivity index (χ2n) is 9.29. The maximum absolute atomic E-state index is 12.3. The Morgan fingerprint density at radius 1 is 1.36 bits per heavy atom. The van der Waals surface area contributed by atoms with Crippen molar-refractivity contribution in [3.05, 3.63) is 27.8 Å². The quantitative estimate of drug-likeness (QED) is 0.516. The number of carbonyl (C=O) groups is 1. The number of nitriles is 2. The number of amides is 1. The molecule has 3 heterocycles. The largest absolute Gasteiger partial charge is 0.609 e. The van der Waals surface area contributed by atoms with Gasteiger partial charge in [0.2, 0.25) is 0 Å². The van der Waals surface area contributed by atoms with Crippen molar-refractivity contribution in [2.45, 2.75) is 56.2 Å². The smallest absolute Gasteiger partial charge is 0.412 e. The second kappa shape index (κ2) is 8.49. The number of carbonyl (C=O) groups excluding carboxylic acids is 1. The third kappa shape index (κ3) is 4.36. The van der Waals surface area contributed by atoms with Crippen LogP contribution in [0.3, 0.4) is 0 Å². The van der Waals surface area contributed by atoms with Gasteiger partial charge in [-0.2, -0.15) is 20.5 Å². The minimum Gasteiger partial charge on any atom is -0.609 e. The lowest BCUT2D eigenvalue weighted by atomic mass is 9.66. The summed E-state index contributed by atoms with van der Waals surface area (Å²) in [6, 6.07) is 4.41. The Kier molecular flexibility index (Phi) is 5.99. The van der Waals surface area contributed by atoms with E-state index in [2.05, 4.69) is 27.4 Å². The van der Waals surface area contributed by atoms with E-state index >= 15 is 0 Å².